The minimum atomic E-state index is -1.83. The van der Waals surface area contributed by atoms with Gasteiger partial charge in [-0.1, -0.05) is 177 Å². The van der Waals surface area contributed by atoms with E-state index in [-0.39, 0.29) is 54.0 Å². The SMILES string of the molecule is CC[N+](C)(CC)CCSc1c(Cl)c(OCCC(C)C)c2c(c1COCC(C)C)C1=[N+]3C2=Nc2c4c(OCCC(C)C)c(SCC[N+](C)(CC)CC)c(Cl)c(OCCC(C)C)c4c4n2C32n3c(c5c(OCCC(C)C)c(Cl)c(SCC[N+](C)(CC)CC)c(OCCC(C)C)c5c3=NC3=[N+]2C(=N4)c2c(OCCC(C)C)c(SCC[N+](C)(CC)CC)c(Cl)c(OCCC(C)C)c23)=N1. The standard InChI is InChI=1S/C101H156Cl4N12O8S4/c1-29-114(25,30-2)44-55-126-89-69(60-118-59-68(23)24)70-71(82(78(89)102)119-48-37-61(9)10)94-107-98-76-73(84(121-50-39-63(13)14)80(104)91(87(76)124-53-42-66(19)20)128-57-46-116(27,33-5)34-6)96-109-100-77-74(85(122-51-40-64(15)16)81(105)92(88(77)125-54-43-67(21)22)129-58-47-117(28,35-7)36-8)97-108-99-75-72(95-106-93(70)110(94)101(111(95)99,112(96)98)113(97)100)83(120-49-38-62(11)12)79(103)90(86(75)123-52-41-65(17)18)127-56-45-115(26,31-3)32-4/h61-68H,29-60H2,1-28H3/q+6. The molecule has 12 rings (SSSR count). The van der Waals surface area contributed by atoms with Gasteiger partial charge in [0.05, 0.1) is 206 Å². The fourth-order valence-corrected chi connectivity index (χ4v) is 23.8. The summed E-state index contributed by atoms with van der Waals surface area (Å²) in [7, 11) is 9.38. The van der Waals surface area contributed by atoms with Crippen molar-refractivity contribution in [1.29, 1.82) is 0 Å². The van der Waals surface area contributed by atoms with Gasteiger partial charge in [0.25, 0.3) is 23.3 Å². The van der Waals surface area contributed by atoms with Crippen molar-refractivity contribution in [2.75, 3.05) is 183 Å². The van der Waals surface area contributed by atoms with Gasteiger partial charge in [0.15, 0.2) is 23.0 Å². The first-order chi connectivity index (χ1) is 61.4. The third-order valence-corrected chi connectivity index (χ3v) is 34.0. The summed E-state index contributed by atoms with van der Waals surface area (Å²) in [5.74, 6) is 10.2. The molecule has 129 heavy (non-hydrogen) atoms. The highest BCUT2D eigenvalue weighted by atomic mass is 35.5. The first kappa shape index (κ1) is 103. The van der Waals surface area contributed by atoms with Gasteiger partial charge < -0.3 is 55.8 Å². The van der Waals surface area contributed by atoms with Gasteiger partial charge in [0.2, 0.25) is 22.6 Å². The summed E-state index contributed by atoms with van der Waals surface area (Å²) < 4.78 is 74.0. The van der Waals surface area contributed by atoms with Crippen LogP contribution < -0.4 is 44.1 Å². The Labute approximate surface area is 810 Å². The van der Waals surface area contributed by atoms with Crippen LogP contribution in [0.3, 0.4) is 0 Å². The second kappa shape index (κ2) is 43.7. The number of halogens is 4. The Hall–Kier alpha value is -4.80. The highest BCUT2D eigenvalue weighted by Gasteiger charge is 2.72. The zero-order chi connectivity index (χ0) is 93.8. The molecule has 1 atom stereocenters. The lowest BCUT2D eigenvalue weighted by Crippen LogP contribution is -2.71. The number of nitrogens with zero attached hydrogens (tertiary/aromatic N) is 12. The van der Waals surface area contributed by atoms with Gasteiger partial charge in [-0.05, 0) is 148 Å². The molecule has 0 N–H and O–H groups in total. The molecule has 6 aromatic rings. The van der Waals surface area contributed by atoms with Gasteiger partial charge >= 0.3 is 5.91 Å². The van der Waals surface area contributed by atoms with E-state index in [4.69, 9.17) is 104 Å². The maximum atomic E-state index is 8.61. The lowest BCUT2D eigenvalue weighted by Gasteiger charge is -2.40. The normalized spacial score (nSPS) is 15.6. The van der Waals surface area contributed by atoms with E-state index in [9.17, 15) is 0 Å². The van der Waals surface area contributed by atoms with E-state index in [1.807, 2.05) is 0 Å². The second-order valence-corrected chi connectivity index (χ2v) is 46.7. The van der Waals surface area contributed by atoms with Crippen molar-refractivity contribution in [3.63, 3.8) is 0 Å². The molecule has 0 amide bonds. The van der Waals surface area contributed by atoms with Crippen LogP contribution in [-0.2, 0) is 17.3 Å². The predicted octanol–water partition coefficient (Wildman–Crippen LogP) is 23.8. The second-order valence-electron chi connectivity index (χ2n) is 40.8. The summed E-state index contributed by atoms with van der Waals surface area (Å²) in [6.45, 7) is 68.5. The van der Waals surface area contributed by atoms with Gasteiger partial charge in [-0.25, -0.2) is 0 Å². The third-order valence-electron chi connectivity index (χ3n) is 27.8. The zero-order valence-electron chi connectivity index (χ0n) is 83.5. The van der Waals surface area contributed by atoms with Crippen LogP contribution in [0.5, 0.6) is 40.2 Å². The van der Waals surface area contributed by atoms with Crippen LogP contribution in [-0.4, -0.2) is 242 Å². The number of amidine groups is 4. The minimum Gasteiger partial charge on any atom is -0.491 e. The van der Waals surface area contributed by atoms with Crippen LogP contribution in [0.4, 0.5) is 11.6 Å². The molecule has 0 saturated carbocycles. The van der Waals surface area contributed by atoms with E-state index in [0.717, 1.165) is 195 Å². The molecule has 2 aromatic heterocycles. The smallest absolute Gasteiger partial charge is 0.404 e. The van der Waals surface area contributed by atoms with Crippen LogP contribution in [0, 0.1) is 47.3 Å². The molecule has 6 aliphatic rings. The average molecular weight is 1940 g/mol. The summed E-state index contributed by atoms with van der Waals surface area (Å²) in [6, 6.07) is 0. The molecule has 8 heterocycles. The Morgan fingerprint density at radius 2 is 0.605 bits per heavy atom. The van der Waals surface area contributed by atoms with Crippen molar-refractivity contribution < 1.29 is 65.0 Å². The van der Waals surface area contributed by atoms with Gasteiger partial charge in [-0.15, -0.1) is 56.2 Å². The van der Waals surface area contributed by atoms with Crippen LogP contribution in [0.1, 0.15) is 239 Å². The quantitative estimate of drug-likeness (QED) is 0.0204. The van der Waals surface area contributed by atoms with Gasteiger partial charge in [0, 0.05) is 40.1 Å². The molecule has 0 bridgehead atoms. The van der Waals surface area contributed by atoms with Crippen LogP contribution in [0.25, 0.3) is 21.5 Å². The van der Waals surface area contributed by atoms with Gasteiger partial charge in [-0.2, -0.15) is 9.13 Å². The van der Waals surface area contributed by atoms with Crippen molar-refractivity contribution in [3.8, 4) is 40.2 Å². The fourth-order valence-electron chi connectivity index (χ4n) is 17.1. The Bertz CT molecular complexity index is 5330. The number of hydrogen-bond acceptors (Lipinski definition) is 16. The minimum absolute atomic E-state index is 0.175. The van der Waals surface area contributed by atoms with Gasteiger partial charge in [0.1, 0.15) is 49.0 Å². The van der Waals surface area contributed by atoms with E-state index in [1.165, 1.54) is 0 Å². The Kier molecular flexibility index (Phi) is 34.9. The van der Waals surface area contributed by atoms with Crippen molar-refractivity contribution in [2.24, 2.45) is 67.3 Å². The van der Waals surface area contributed by atoms with Crippen molar-refractivity contribution >= 4 is 150 Å². The topological polar surface area (TPSA) is 139 Å². The molecule has 4 aromatic carbocycles. The number of ether oxygens (including phenoxy) is 8. The Balaban J connectivity index is 1.44. The molecule has 0 radical (unpaired) electrons. The molecule has 1 unspecified atom stereocenters. The number of benzene rings is 4. The van der Waals surface area contributed by atoms with Crippen LogP contribution in [0.2, 0.25) is 20.1 Å². The summed E-state index contributed by atoms with van der Waals surface area (Å²) in [5.41, 5.74) is 4.73. The third kappa shape index (κ3) is 20.8. The molecule has 20 nitrogen and oxygen atoms in total. The fraction of sp³-hybridized carbons (Fsp3) is 0.683. The predicted molar refractivity (Wildman–Crippen MR) is 544 cm³/mol. The first-order valence-electron chi connectivity index (χ1n) is 48.8. The molecule has 714 valence electrons. The van der Waals surface area contributed by atoms with E-state index in [1.54, 1.807) is 47.0 Å². The molecule has 1 spiro atoms. The van der Waals surface area contributed by atoms with Crippen molar-refractivity contribution in [2.45, 2.75) is 243 Å². The number of aliphatic imine (C=N–C) groups is 2. The molecular formula is C101H156Cl4N12O8S4+6. The first-order valence-corrected chi connectivity index (χ1v) is 54.3. The van der Waals surface area contributed by atoms with E-state index in [2.05, 4.69) is 213 Å². The summed E-state index contributed by atoms with van der Waals surface area (Å²) >= 11 is 41.3. The largest absolute Gasteiger partial charge is 0.491 e. The maximum Gasteiger partial charge on any atom is 0.404 e. The van der Waals surface area contributed by atoms with E-state index >= 15 is 0 Å². The summed E-state index contributed by atoms with van der Waals surface area (Å²) in [6.07, 6.45) is 5.21. The van der Waals surface area contributed by atoms with Crippen molar-refractivity contribution in [1.82, 2.24) is 9.13 Å². The Morgan fingerprint density at radius 3 is 0.969 bits per heavy atom. The average Bonchev–Trinajstić information content (AvgIpc) is 1.45. The highest BCUT2D eigenvalue weighted by Crippen LogP contribution is 2.64. The maximum absolute atomic E-state index is 8.61. The highest BCUT2D eigenvalue weighted by molar-refractivity contribution is 8.00. The van der Waals surface area contributed by atoms with Crippen molar-refractivity contribution in [3.05, 3.63) is 58.9 Å². The summed E-state index contributed by atoms with van der Waals surface area (Å²) in [4.78, 5) is 29.1. The molecule has 0 saturated heterocycles. The van der Waals surface area contributed by atoms with E-state index < -0.39 is 5.91 Å². The van der Waals surface area contributed by atoms with Crippen LogP contribution >= 0.6 is 93.5 Å². The number of thioether (sulfide) groups is 4. The lowest BCUT2D eigenvalue weighted by atomic mass is 9.99. The van der Waals surface area contributed by atoms with E-state index in [0.29, 0.717) is 197 Å². The summed E-state index contributed by atoms with van der Waals surface area (Å²) in [5, 5.41) is 4.51. The number of rotatable bonds is 56. The zero-order valence-corrected chi connectivity index (χ0v) is 89.8. The number of hydrogen-bond donors (Lipinski definition) is 0. The Morgan fingerprint density at radius 1 is 0.326 bits per heavy atom. The number of aromatic nitrogens is 2. The number of fused-ring (bicyclic) bond motifs is 12. The molecular weight excluding hydrogens is 1780 g/mol. The molecule has 6 aliphatic heterocycles. The molecule has 0 fully saturated rings. The number of quaternary nitrogens is 4. The van der Waals surface area contributed by atoms with Gasteiger partial charge in [-0.3, -0.25) is 0 Å². The lowest BCUT2D eigenvalue weighted by molar-refractivity contribution is -0.903. The monoisotopic (exact) mass is 1930 g/mol. The molecule has 28 heteroatoms. The molecule has 0 aliphatic carbocycles. The van der Waals surface area contributed by atoms with Crippen LogP contribution in [0.15, 0.2) is 39.6 Å².